The molecule has 0 spiro atoms. The number of carboxylic acid groups (broad SMARTS) is 1. The molecule has 1 aliphatic heterocycles. The zero-order chi connectivity index (χ0) is 31.5. The van der Waals surface area contributed by atoms with Crippen molar-refractivity contribution in [2.45, 2.75) is 37.3 Å². The summed E-state index contributed by atoms with van der Waals surface area (Å²) in [6.45, 7) is -0.959. The minimum absolute atomic E-state index is 0.0864. The van der Waals surface area contributed by atoms with Gasteiger partial charge in [0.1, 0.15) is 23.9 Å². The van der Waals surface area contributed by atoms with Crippen LogP contribution in [-0.2, 0) is 42.8 Å². The second-order valence-corrected chi connectivity index (χ2v) is 13.0. The first-order chi connectivity index (χ1) is 19.3. The number of ether oxygens (including phenoxy) is 1. The zero-order valence-electron chi connectivity index (χ0n) is 20.9. The minimum atomic E-state index is -5.75. The number of benzene rings is 1. The molecular formula is C20H24N3O16P3. The van der Waals surface area contributed by atoms with Gasteiger partial charge in [-0.1, -0.05) is 24.0 Å². The number of phosphoric ester groups is 1. The van der Waals surface area contributed by atoms with Crippen molar-refractivity contribution in [1.82, 2.24) is 9.55 Å². The molecule has 0 aliphatic carbocycles. The normalized spacial score (nSPS) is 22.4. The molecule has 3 rings (SSSR count). The van der Waals surface area contributed by atoms with E-state index < -0.39 is 71.8 Å². The predicted molar refractivity (Wildman–Crippen MR) is 137 cm³/mol. The number of carbonyl (C=O) groups is 1. The van der Waals surface area contributed by atoms with Gasteiger partial charge in [-0.3, -0.25) is 23.7 Å². The fourth-order valence-electron chi connectivity index (χ4n) is 3.50. The molecule has 6 atom stereocenters. The van der Waals surface area contributed by atoms with E-state index >= 15 is 0 Å². The third-order valence-electron chi connectivity index (χ3n) is 5.37. The zero-order valence-corrected chi connectivity index (χ0v) is 23.6. The summed E-state index contributed by atoms with van der Waals surface area (Å²) < 4.78 is 52.0. The van der Waals surface area contributed by atoms with Crippen molar-refractivity contribution in [2.24, 2.45) is 5.73 Å². The summed E-state index contributed by atoms with van der Waals surface area (Å²) in [5.74, 6) is 4.14. The molecule has 0 radical (unpaired) electrons. The Morgan fingerprint density at radius 3 is 2.33 bits per heavy atom. The summed E-state index contributed by atoms with van der Waals surface area (Å²) in [7, 11) is -16.8. The van der Waals surface area contributed by atoms with Gasteiger partial charge in [-0.25, -0.2) is 18.5 Å². The van der Waals surface area contributed by atoms with Gasteiger partial charge in [0.15, 0.2) is 0 Å². The van der Waals surface area contributed by atoms with Crippen molar-refractivity contribution in [2.75, 3.05) is 6.61 Å². The highest BCUT2D eigenvalue weighted by molar-refractivity contribution is 7.66. The summed E-state index contributed by atoms with van der Waals surface area (Å²) in [6, 6.07) is 5.27. The summed E-state index contributed by atoms with van der Waals surface area (Å²) >= 11 is 0. The Morgan fingerprint density at radius 1 is 1.10 bits per heavy atom. The molecule has 22 heteroatoms. The molecule has 0 bridgehead atoms. The first kappa shape index (κ1) is 33.7. The highest BCUT2D eigenvalue weighted by atomic mass is 31.3. The van der Waals surface area contributed by atoms with E-state index in [2.05, 4.69) is 25.0 Å². The van der Waals surface area contributed by atoms with Crippen LogP contribution < -0.4 is 17.0 Å². The summed E-state index contributed by atoms with van der Waals surface area (Å²) in [6.07, 6.45) is -3.23. The molecule has 230 valence electrons. The number of H-pyrrole nitrogens is 1. The van der Waals surface area contributed by atoms with E-state index in [9.17, 15) is 43.0 Å². The van der Waals surface area contributed by atoms with Crippen LogP contribution in [0, 0.1) is 11.8 Å². The number of rotatable bonds is 11. The SMILES string of the molecule is N[C@@H](Cc1ccc(C#Cc2cn([C@H]3C[C@H](O)[C@@H](COP(=O)(O)OP(=O)(O)OP(=O)(O)O)O3)c(=O)[nH]c2=O)cc1)C(=O)O. The highest BCUT2D eigenvalue weighted by Gasteiger charge is 2.43. The monoisotopic (exact) mass is 655 g/mol. The highest BCUT2D eigenvalue weighted by Crippen LogP contribution is 2.66. The van der Waals surface area contributed by atoms with Crippen LogP contribution in [0.4, 0.5) is 0 Å². The predicted octanol–water partition coefficient (Wildman–Crippen LogP) is -1.12. The Hall–Kier alpha value is -2.78. The van der Waals surface area contributed by atoms with Gasteiger partial charge in [-0.2, -0.15) is 8.62 Å². The van der Waals surface area contributed by atoms with Crippen molar-refractivity contribution >= 4 is 29.4 Å². The molecule has 19 nitrogen and oxygen atoms in total. The quantitative estimate of drug-likeness (QED) is 0.105. The standard InChI is InChI=1S/C20H24N3O16P3/c21-14(19(26)27)7-12-3-1-11(2-4-12)5-6-13-9-23(20(28)22-18(13)25)17-8-15(24)16(37-17)10-36-41(32,33)39-42(34,35)38-40(29,30)31/h1-4,9,14-17,24H,7-8,10,21H2,(H,26,27)(H,32,33)(H,34,35)(H,22,25,28)(H2,29,30,31)/t14-,15-,16+,17+/m0/s1. The number of aliphatic hydroxyl groups excluding tert-OH is 1. The molecular weight excluding hydrogens is 631 g/mol. The number of hydrogen-bond donors (Lipinski definition) is 8. The number of nitrogens with two attached hydrogens (primary N) is 1. The number of nitrogens with one attached hydrogen (secondary N) is 1. The van der Waals surface area contributed by atoms with E-state index in [1.54, 1.807) is 24.3 Å². The fraction of sp³-hybridized carbons (Fsp3) is 0.350. The first-order valence-corrected chi connectivity index (χ1v) is 15.9. The average molecular weight is 655 g/mol. The Kier molecular flexibility index (Phi) is 10.6. The van der Waals surface area contributed by atoms with Crippen LogP contribution in [0.1, 0.15) is 29.3 Å². The number of phosphoric acid groups is 3. The van der Waals surface area contributed by atoms with E-state index in [0.29, 0.717) is 11.1 Å². The largest absolute Gasteiger partial charge is 0.490 e. The van der Waals surface area contributed by atoms with Crippen LogP contribution in [-0.4, -0.2) is 70.2 Å². The number of aliphatic hydroxyl groups is 1. The number of aromatic nitrogens is 2. The maximum Gasteiger partial charge on any atom is 0.490 e. The van der Waals surface area contributed by atoms with Gasteiger partial charge >= 0.3 is 35.1 Å². The Labute approximate surface area is 234 Å². The van der Waals surface area contributed by atoms with Crippen LogP contribution in [0.3, 0.4) is 0 Å². The van der Waals surface area contributed by atoms with Crippen LogP contribution in [0.2, 0.25) is 0 Å². The third-order valence-corrected chi connectivity index (χ3v) is 9.17. The molecule has 1 fully saturated rings. The Morgan fingerprint density at radius 2 is 1.74 bits per heavy atom. The first-order valence-electron chi connectivity index (χ1n) is 11.4. The fourth-order valence-corrected chi connectivity index (χ4v) is 6.53. The van der Waals surface area contributed by atoms with Crippen LogP contribution in [0.25, 0.3) is 0 Å². The second kappa shape index (κ2) is 13.2. The average Bonchev–Trinajstić information content (AvgIpc) is 3.21. The summed E-state index contributed by atoms with van der Waals surface area (Å²) in [5, 5.41) is 19.2. The smallest absolute Gasteiger partial charge is 0.480 e. The van der Waals surface area contributed by atoms with Gasteiger partial charge in [0.25, 0.3) is 5.56 Å². The molecule has 0 saturated carbocycles. The minimum Gasteiger partial charge on any atom is -0.480 e. The molecule has 9 N–H and O–H groups in total. The van der Waals surface area contributed by atoms with Crippen molar-refractivity contribution in [3.63, 3.8) is 0 Å². The van der Waals surface area contributed by atoms with Crippen molar-refractivity contribution in [1.29, 1.82) is 0 Å². The van der Waals surface area contributed by atoms with E-state index in [0.717, 1.165) is 10.8 Å². The third kappa shape index (κ3) is 9.90. The molecule has 42 heavy (non-hydrogen) atoms. The molecule has 1 saturated heterocycles. The number of hydrogen-bond acceptors (Lipinski definition) is 12. The van der Waals surface area contributed by atoms with Crippen LogP contribution >= 0.6 is 23.5 Å². The molecule has 1 aromatic heterocycles. The van der Waals surface area contributed by atoms with Crippen LogP contribution in [0.15, 0.2) is 40.1 Å². The molecule has 1 aliphatic rings. The van der Waals surface area contributed by atoms with Crippen molar-refractivity contribution < 1.29 is 66.2 Å². The summed E-state index contributed by atoms with van der Waals surface area (Å²) in [4.78, 5) is 73.5. The molecule has 0 amide bonds. The van der Waals surface area contributed by atoms with E-state index in [1.165, 1.54) is 0 Å². The maximum absolute atomic E-state index is 12.4. The number of nitrogens with zero attached hydrogens (tertiary/aromatic N) is 1. The van der Waals surface area contributed by atoms with E-state index in [-0.39, 0.29) is 18.4 Å². The lowest BCUT2D eigenvalue weighted by Crippen LogP contribution is -2.33. The number of aromatic amines is 1. The lowest BCUT2D eigenvalue weighted by atomic mass is 10.0. The van der Waals surface area contributed by atoms with Crippen molar-refractivity contribution in [3.05, 3.63) is 68.0 Å². The lowest BCUT2D eigenvalue weighted by Gasteiger charge is -2.19. The number of carboxylic acids is 1. The van der Waals surface area contributed by atoms with Gasteiger partial charge in [0, 0.05) is 18.2 Å². The van der Waals surface area contributed by atoms with E-state index in [1.807, 2.05) is 4.98 Å². The van der Waals surface area contributed by atoms with E-state index in [4.69, 9.17) is 25.4 Å². The van der Waals surface area contributed by atoms with Gasteiger partial charge in [-0.15, -0.1) is 0 Å². The van der Waals surface area contributed by atoms with Gasteiger partial charge in [0.2, 0.25) is 0 Å². The van der Waals surface area contributed by atoms with Gasteiger partial charge in [0.05, 0.1) is 12.7 Å². The molecule has 2 aromatic rings. The van der Waals surface area contributed by atoms with Crippen LogP contribution in [0.5, 0.6) is 0 Å². The maximum atomic E-state index is 12.4. The van der Waals surface area contributed by atoms with Gasteiger partial charge < -0.3 is 40.3 Å². The Balaban J connectivity index is 1.70. The lowest BCUT2D eigenvalue weighted by molar-refractivity contribution is -0.138. The number of aliphatic carboxylic acids is 1. The van der Waals surface area contributed by atoms with Crippen molar-refractivity contribution in [3.8, 4) is 11.8 Å². The topological polar surface area (TPSA) is 307 Å². The second-order valence-electron chi connectivity index (χ2n) is 8.62. The molecule has 2 unspecified atom stereocenters. The molecule has 2 heterocycles. The summed E-state index contributed by atoms with van der Waals surface area (Å²) in [5.41, 5.74) is 4.62. The molecule has 1 aromatic carbocycles. The Bertz CT molecular complexity index is 1640. The van der Waals surface area contributed by atoms with Gasteiger partial charge in [-0.05, 0) is 24.1 Å².